The molecular weight excluding hydrogens is 236 g/mol. The summed E-state index contributed by atoms with van der Waals surface area (Å²) in [6.45, 7) is 12.0. The van der Waals surface area contributed by atoms with Crippen LogP contribution in [-0.2, 0) is 0 Å². The Labute approximate surface area is 107 Å². The molecule has 0 bridgehead atoms. The first-order chi connectivity index (χ1) is 7.43. The van der Waals surface area contributed by atoms with Gasteiger partial charge in [-0.05, 0) is 27.2 Å². The van der Waals surface area contributed by atoms with Crippen LogP contribution in [0.25, 0.3) is 0 Å². The zero-order valence-electron chi connectivity index (χ0n) is 10.8. The second kappa shape index (κ2) is 6.03. The SMILES string of the molecule is CCC(C)(C)NCC(C)Sc1nc(C)cs1. The normalized spacial score (nSPS) is 14.1. The second-order valence-electron chi connectivity index (χ2n) is 4.80. The van der Waals surface area contributed by atoms with Gasteiger partial charge in [0.25, 0.3) is 0 Å². The molecular formula is C12H22N2S2. The predicted molar refractivity (Wildman–Crippen MR) is 74.5 cm³/mol. The van der Waals surface area contributed by atoms with Crippen LogP contribution in [0.4, 0.5) is 0 Å². The van der Waals surface area contributed by atoms with E-state index in [1.165, 1.54) is 4.34 Å². The fraction of sp³-hybridized carbons (Fsp3) is 0.750. The summed E-state index contributed by atoms with van der Waals surface area (Å²) in [7, 11) is 0. The summed E-state index contributed by atoms with van der Waals surface area (Å²) in [4.78, 5) is 4.47. The minimum Gasteiger partial charge on any atom is -0.311 e. The molecule has 1 unspecified atom stereocenters. The molecule has 1 atom stereocenters. The van der Waals surface area contributed by atoms with Gasteiger partial charge in [-0.2, -0.15) is 0 Å². The Morgan fingerprint density at radius 3 is 2.75 bits per heavy atom. The van der Waals surface area contributed by atoms with Crippen LogP contribution < -0.4 is 5.32 Å². The van der Waals surface area contributed by atoms with Crippen LogP contribution in [0.1, 0.15) is 39.8 Å². The third-order valence-electron chi connectivity index (χ3n) is 2.65. The van der Waals surface area contributed by atoms with Gasteiger partial charge in [-0.15, -0.1) is 11.3 Å². The lowest BCUT2D eigenvalue weighted by atomic mass is 10.0. The molecule has 0 saturated carbocycles. The van der Waals surface area contributed by atoms with Gasteiger partial charge in [0.15, 0.2) is 0 Å². The first-order valence-electron chi connectivity index (χ1n) is 5.77. The summed E-state index contributed by atoms with van der Waals surface area (Å²) in [6, 6.07) is 0. The van der Waals surface area contributed by atoms with Gasteiger partial charge in [0.2, 0.25) is 0 Å². The van der Waals surface area contributed by atoms with Crippen molar-refractivity contribution in [2.75, 3.05) is 6.54 Å². The van der Waals surface area contributed by atoms with E-state index in [0.717, 1.165) is 18.7 Å². The van der Waals surface area contributed by atoms with E-state index in [9.17, 15) is 0 Å². The molecule has 4 heteroatoms. The molecule has 0 aromatic carbocycles. The van der Waals surface area contributed by atoms with E-state index in [1.54, 1.807) is 11.3 Å². The van der Waals surface area contributed by atoms with E-state index >= 15 is 0 Å². The Balaban J connectivity index is 2.34. The maximum atomic E-state index is 4.47. The van der Waals surface area contributed by atoms with Crippen molar-refractivity contribution in [2.24, 2.45) is 0 Å². The van der Waals surface area contributed by atoms with Gasteiger partial charge in [0, 0.05) is 28.4 Å². The topological polar surface area (TPSA) is 24.9 Å². The van der Waals surface area contributed by atoms with Crippen LogP contribution in [0.15, 0.2) is 9.72 Å². The van der Waals surface area contributed by atoms with Crippen LogP contribution in [0, 0.1) is 6.92 Å². The van der Waals surface area contributed by atoms with E-state index in [-0.39, 0.29) is 5.54 Å². The van der Waals surface area contributed by atoms with Crippen LogP contribution in [-0.4, -0.2) is 22.3 Å². The molecule has 1 heterocycles. The minimum absolute atomic E-state index is 0.244. The molecule has 0 aliphatic rings. The van der Waals surface area contributed by atoms with E-state index in [2.05, 4.69) is 43.4 Å². The Morgan fingerprint density at radius 2 is 2.25 bits per heavy atom. The van der Waals surface area contributed by atoms with Crippen molar-refractivity contribution in [1.29, 1.82) is 0 Å². The third-order valence-corrected chi connectivity index (χ3v) is 4.84. The zero-order chi connectivity index (χ0) is 12.2. The lowest BCUT2D eigenvalue weighted by molar-refractivity contribution is 0.379. The predicted octanol–water partition coefficient (Wildman–Crippen LogP) is 3.71. The molecule has 0 fully saturated rings. The van der Waals surface area contributed by atoms with Crippen molar-refractivity contribution in [3.8, 4) is 0 Å². The minimum atomic E-state index is 0.244. The summed E-state index contributed by atoms with van der Waals surface area (Å²) < 4.78 is 1.18. The Kier molecular flexibility index (Phi) is 5.28. The molecule has 0 saturated heterocycles. The monoisotopic (exact) mass is 258 g/mol. The van der Waals surface area contributed by atoms with E-state index in [0.29, 0.717) is 5.25 Å². The Bertz CT molecular complexity index is 321. The summed E-state index contributed by atoms with van der Waals surface area (Å²) in [6.07, 6.45) is 1.15. The highest BCUT2D eigenvalue weighted by atomic mass is 32.2. The highest BCUT2D eigenvalue weighted by Gasteiger charge is 2.16. The first-order valence-corrected chi connectivity index (χ1v) is 7.52. The quantitative estimate of drug-likeness (QED) is 0.787. The molecule has 0 aliphatic heterocycles. The number of thiazole rings is 1. The van der Waals surface area contributed by atoms with E-state index in [1.807, 2.05) is 18.7 Å². The number of nitrogens with one attached hydrogen (secondary N) is 1. The Morgan fingerprint density at radius 1 is 1.56 bits per heavy atom. The standard InChI is InChI=1S/C12H22N2S2/c1-6-12(4,5)13-7-10(3)16-11-14-9(2)8-15-11/h8,10,13H,6-7H2,1-5H3. The summed E-state index contributed by atoms with van der Waals surface area (Å²) in [5.74, 6) is 0. The highest BCUT2D eigenvalue weighted by molar-refractivity contribution is 8.01. The highest BCUT2D eigenvalue weighted by Crippen LogP contribution is 2.26. The molecule has 16 heavy (non-hydrogen) atoms. The molecule has 0 spiro atoms. The molecule has 0 aliphatic carbocycles. The summed E-state index contributed by atoms with van der Waals surface area (Å²) in [5, 5.41) is 6.27. The molecule has 1 aromatic rings. The second-order valence-corrected chi connectivity index (χ2v) is 7.35. The average molecular weight is 258 g/mol. The van der Waals surface area contributed by atoms with Crippen molar-refractivity contribution in [1.82, 2.24) is 10.3 Å². The fourth-order valence-electron chi connectivity index (χ4n) is 1.15. The number of nitrogens with zero attached hydrogens (tertiary/aromatic N) is 1. The van der Waals surface area contributed by atoms with Crippen molar-refractivity contribution in [2.45, 2.75) is 56.2 Å². The zero-order valence-corrected chi connectivity index (χ0v) is 12.5. The van der Waals surface area contributed by atoms with Gasteiger partial charge in [0.1, 0.15) is 4.34 Å². The summed E-state index contributed by atoms with van der Waals surface area (Å²) in [5.41, 5.74) is 1.37. The van der Waals surface area contributed by atoms with Crippen molar-refractivity contribution >= 4 is 23.1 Å². The van der Waals surface area contributed by atoms with Crippen molar-refractivity contribution < 1.29 is 0 Å². The van der Waals surface area contributed by atoms with Gasteiger partial charge in [0.05, 0.1) is 0 Å². The molecule has 1 rings (SSSR count). The van der Waals surface area contributed by atoms with Crippen LogP contribution in [0.5, 0.6) is 0 Å². The van der Waals surface area contributed by atoms with Crippen LogP contribution in [0.3, 0.4) is 0 Å². The Hall–Kier alpha value is -0.0600. The van der Waals surface area contributed by atoms with Gasteiger partial charge < -0.3 is 5.32 Å². The van der Waals surface area contributed by atoms with Gasteiger partial charge in [-0.1, -0.05) is 25.6 Å². The van der Waals surface area contributed by atoms with Gasteiger partial charge >= 0.3 is 0 Å². The van der Waals surface area contributed by atoms with E-state index in [4.69, 9.17) is 0 Å². The largest absolute Gasteiger partial charge is 0.311 e. The molecule has 0 radical (unpaired) electrons. The molecule has 1 aromatic heterocycles. The number of hydrogen-bond donors (Lipinski definition) is 1. The molecule has 2 nitrogen and oxygen atoms in total. The van der Waals surface area contributed by atoms with Crippen LogP contribution in [0.2, 0.25) is 0 Å². The smallest absolute Gasteiger partial charge is 0.150 e. The first kappa shape index (κ1) is 14.0. The number of aryl methyl sites for hydroxylation is 1. The van der Waals surface area contributed by atoms with Gasteiger partial charge in [-0.3, -0.25) is 0 Å². The van der Waals surface area contributed by atoms with Gasteiger partial charge in [-0.25, -0.2) is 4.98 Å². The molecule has 92 valence electrons. The number of thioether (sulfide) groups is 1. The summed E-state index contributed by atoms with van der Waals surface area (Å²) >= 11 is 3.60. The number of hydrogen-bond acceptors (Lipinski definition) is 4. The molecule has 1 N–H and O–H groups in total. The average Bonchev–Trinajstić information content (AvgIpc) is 2.61. The lowest BCUT2D eigenvalue weighted by Crippen LogP contribution is -2.41. The van der Waals surface area contributed by atoms with Crippen LogP contribution >= 0.6 is 23.1 Å². The maximum absolute atomic E-state index is 4.47. The number of aromatic nitrogens is 1. The van der Waals surface area contributed by atoms with E-state index < -0.39 is 0 Å². The molecule has 0 amide bonds. The maximum Gasteiger partial charge on any atom is 0.150 e. The number of rotatable bonds is 6. The fourth-order valence-corrected chi connectivity index (χ4v) is 3.23. The van der Waals surface area contributed by atoms with Crippen molar-refractivity contribution in [3.05, 3.63) is 11.1 Å². The third kappa shape index (κ3) is 4.85. The lowest BCUT2D eigenvalue weighted by Gasteiger charge is -2.26. The van der Waals surface area contributed by atoms with Crippen molar-refractivity contribution in [3.63, 3.8) is 0 Å².